The molecule has 1 atom stereocenters. The first-order chi connectivity index (χ1) is 19.0. The third-order valence-electron chi connectivity index (χ3n) is 6.20. The predicted molar refractivity (Wildman–Crippen MR) is 152 cm³/mol. The van der Waals surface area contributed by atoms with E-state index in [4.69, 9.17) is 9.47 Å². The molecule has 1 unspecified atom stereocenters. The Labute approximate surface area is 232 Å². The molecule has 2 amide bonds. The van der Waals surface area contributed by atoms with Crippen LogP contribution in [0.25, 0.3) is 11.0 Å². The molecule has 10 heteroatoms. The van der Waals surface area contributed by atoms with Crippen LogP contribution in [0.2, 0.25) is 0 Å². The fourth-order valence-electron chi connectivity index (χ4n) is 4.39. The summed E-state index contributed by atoms with van der Waals surface area (Å²) >= 11 is 0. The molecular weight excluding hydrogens is 510 g/mol. The number of methoxy groups -OCH3 is 2. The smallest absolute Gasteiger partial charge is 0.249 e. The lowest BCUT2D eigenvalue weighted by Crippen LogP contribution is -2.50. The van der Waals surface area contributed by atoms with Crippen LogP contribution >= 0.6 is 0 Å². The van der Waals surface area contributed by atoms with Crippen molar-refractivity contribution in [2.24, 2.45) is 0 Å². The number of rotatable bonds is 9. The Morgan fingerprint density at radius 1 is 0.950 bits per heavy atom. The molecule has 1 aromatic heterocycles. The number of amides is 2. The maximum Gasteiger partial charge on any atom is 0.249 e. The second-order valence-corrected chi connectivity index (χ2v) is 10.4. The number of Topliss-reactive ketones (excluding diaryl/α,β-unsaturated/α-hetero) is 1. The van der Waals surface area contributed by atoms with Gasteiger partial charge in [0.15, 0.2) is 5.78 Å². The molecule has 10 nitrogen and oxygen atoms in total. The quantitative estimate of drug-likeness (QED) is 0.312. The van der Waals surface area contributed by atoms with Gasteiger partial charge in [-0.2, -0.15) is 0 Å². The van der Waals surface area contributed by atoms with E-state index in [9.17, 15) is 14.4 Å². The zero-order chi connectivity index (χ0) is 29.0. The number of ether oxygens (including phenoxy) is 2. The summed E-state index contributed by atoms with van der Waals surface area (Å²) in [5, 5.41) is 11.3. The molecule has 0 spiro atoms. The van der Waals surface area contributed by atoms with Crippen molar-refractivity contribution in [1.29, 1.82) is 0 Å². The van der Waals surface area contributed by atoms with E-state index in [-0.39, 0.29) is 12.3 Å². The minimum Gasteiger partial charge on any atom is -0.497 e. The Bertz CT molecular complexity index is 1530. The van der Waals surface area contributed by atoms with Gasteiger partial charge < -0.3 is 14.8 Å². The van der Waals surface area contributed by atoms with E-state index in [0.29, 0.717) is 39.3 Å². The van der Waals surface area contributed by atoms with Crippen LogP contribution in [0, 0.1) is 0 Å². The Morgan fingerprint density at radius 2 is 1.62 bits per heavy atom. The highest BCUT2D eigenvalue weighted by Gasteiger charge is 2.35. The highest BCUT2D eigenvalue weighted by atomic mass is 16.5. The van der Waals surface area contributed by atoms with Crippen molar-refractivity contribution >= 4 is 34.3 Å². The highest BCUT2D eigenvalue weighted by molar-refractivity contribution is 6.03. The molecule has 40 heavy (non-hydrogen) atoms. The number of aromatic nitrogens is 3. The molecule has 1 heterocycles. The summed E-state index contributed by atoms with van der Waals surface area (Å²) in [7, 11) is 3.02. The molecule has 0 aliphatic heterocycles. The number of nitrogens with zero attached hydrogens (tertiary/aromatic N) is 4. The molecule has 0 radical (unpaired) electrons. The lowest BCUT2D eigenvalue weighted by Gasteiger charge is -2.34. The Balaban J connectivity index is 1.92. The number of benzene rings is 3. The summed E-state index contributed by atoms with van der Waals surface area (Å²) in [5.74, 6) is -0.125. The monoisotopic (exact) mass is 543 g/mol. The van der Waals surface area contributed by atoms with Crippen molar-refractivity contribution in [2.75, 3.05) is 19.1 Å². The van der Waals surface area contributed by atoms with Gasteiger partial charge >= 0.3 is 0 Å². The third-order valence-corrected chi connectivity index (χ3v) is 6.20. The first-order valence-electron chi connectivity index (χ1n) is 12.8. The molecule has 0 aliphatic carbocycles. The van der Waals surface area contributed by atoms with Crippen molar-refractivity contribution in [3.05, 3.63) is 77.9 Å². The Hall–Kier alpha value is -4.73. The van der Waals surface area contributed by atoms with Gasteiger partial charge in [-0.1, -0.05) is 29.5 Å². The summed E-state index contributed by atoms with van der Waals surface area (Å²) in [6, 6.07) is 17.9. The number of nitrogens with one attached hydrogen (secondary N) is 1. The maximum absolute atomic E-state index is 14.2. The molecule has 0 saturated heterocycles. The van der Waals surface area contributed by atoms with E-state index in [2.05, 4.69) is 15.6 Å². The van der Waals surface area contributed by atoms with Crippen LogP contribution in [-0.4, -0.2) is 52.3 Å². The molecule has 0 aliphatic rings. The van der Waals surface area contributed by atoms with E-state index in [0.717, 1.165) is 0 Å². The summed E-state index contributed by atoms with van der Waals surface area (Å²) in [6.07, 6.45) is 0. The SMILES string of the molecule is COc1cc(OC)cc(C(C(=O)NC(C)(C)C)N(C(=O)Cn2nnc3ccccc32)c2cccc(C(C)=O)c2)c1. The summed E-state index contributed by atoms with van der Waals surface area (Å²) in [6.45, 7) is 6.82. The van der Waals surface area contributed by atoms with Gasteiger partial charge in [-0.3, -0.25) is 19.3 Å². The van der Waals surface area contributed by atoms with Gasteiger partial charge in [-0.05, 0) is 69.7 Å². The van der Waals surface area contributed by atoms with Crippen molar-refractivity contribution < 1.29 is 23.9 Å². The summed E-state index contributed by atoms with van der Waals surface area (Å²) in [5.41, 5.74) is 1.95. The topological polar surface area (TPSA) is 116 Å². The van der Waals surface area contributed by atoms with Crippen LogP contribution in [0.4, 0.5) is 5.69 Å². The maximum atomic E-state index is 14.2. The number of para-hydroxylation sites is 1. The van der Waals surface area contributed by atoms with Crippen LogP contribution in [0.3, 0.4) is 0 Å². The van der Waals surface area contributed by atoms with Crippen molar-refractivity contribution in [2.45, 2.75) is 45.8 Å². The molecule has 0 bridgehead atoms. The van der Waals surface area contributed by atoms with E-state index >= 15 is 0 Å². The standard InChI is InChI=1S/C30H33N5O5/c1-19(36)20-10-9-11-22(14-20)35(27(37)18-34-26-13-8-7-12-25(26)32-33-34)28(29(38)31-30(2,3)4)21-15-23(39-5)17-24(16-21)40-6/h7-17,28H,18H2,1-6H3,(H,31,38). The Morgan fingerprint density at radius 3 is 2.25 bits per heavy atom. The second kappa shape index (κ2) is 11.6. The number of hydrogen-bond acceptors (Lipinski definition) is 7. The van der Waals surface area contributed by atoms with E-state index in [1.807, 2.05) is 39.0 Å². The zero-order valence-electron chi connectivity index (χ0n) is 23.5. The molecular formula is C30H33N5O5. The summed E-state index contributed by atoms with van der Waals surface area (Å²) < 4.78 is 12.4. The van der Waals surface area contributed by atoms with Gasteiger partial charge in [0.1, 0.15) is 29.6 Å². The second-order valence-electron chi connectivity index (χ2n) is 10.4. The van der Waals surface area contributed by atoms with Gasteiger partial charge in [0, 0.05) is 22.9 Å². The fraction of sp³-hybridized carbons (Fsp3) is 0.300. The number of hydrogen-bond donors (Lipinski definition) is 1. The third kappa shape index (κ3) is 6.28. The van der Waals surface area contributed by atoms with Gasteiger partial charge in [-0.15, -0.1) is 5.10 Å². The number of ketones is 1. The average molecular weight is 544 g/mol. The molecule has 208 valence electrons. The number of fused-ring (bicyclic) bond motifs is 1. The van der Waals surface area contributed by atoms with Crippen molar-refractivity contribution in [3.63, 3.8) is 0 Å². The molecule has 1 N–H and O–H groups in total. The van der Waals surface area contributed by atoms with Gasteiger partial charge in [-0.25, -0.2) is 4.68 Å². The molecule has 4 rings (SSSR count). The van der Waals surface area contributed by atoms with E-state index < -0.39 is 23.4 Å². The lowest BCUT2D eigenvalue weighted by molar-refractivity contribution is -0.128. The van der Waals surface area contributed by atoms with Gasteiger partial charge in [0.2, 0.25) is 11.8 Å². The van der Waals surface area contributed by atoms with Crippen LogP contribution < -0.4 is 19.7 Å². The molecule has 0 saturated carbocycles. The molecule has 0 fully saturated rings. The van der Waals surface area contributed by atoms with Crippen molar-refractivity contribution in [3.8, 4) is 11.5 Å². The average Bonchev–Trinajstić information content (AvgIpc) is 3.32. The van der Waals surface area contributed by atoms with E-state index in [1.165, 1.54) is 30.7 Å². The van der Waals surface area contributed by atoms with E-state index in [1.54, 1.807) is 48.5 Å². The first kappa shape index (κ1) is 28.3. The largest absolute Gasteiger partial charge is 0.497 e. The van der Waals surface area contributed by atoms with Crippen LogP contribution in [0.5, 0.6) is 11.5 Å². The fourth-order valence-corrected chi connectivity index (χ4v) is 4.39. The summed E-state index contributed by atoms with van der Waals surface area (Å²) in [4.78, 5) is 41.9. The van der Waals surface area contributed by atoms with Crippen LogP contribution in [0.15, 0.2) is 66.7 Å². The number of carbonyl (C=O) groups is 3. The van der Waals surface area contributed by atoms with Crippen LogP contribution in [0.1, 0.15) is 49.7 Å². The molecule has 3 aromatic carbocycles. The Kier molecular flexibility index (Phi) is 8.18. The predicted octanol–water partition coefficient (Wildman–Crippen LogP) is 4.34. The lowest BCUT2D eigenvalue weighted by atomic mass is 9.99. The normalized spacial score (nSPS) is 12.1. The number of anilines is 1. The molecule has 4 aromatic rings. The van der Waals surface area contributed by atoms with Crippen molar-refractivity contribution in [1.82, 2.24) is 20.3 Å². The highest BCUT2D eigenvalue weighted by Crippen LogP contribution is 2.34. The van der Waals surface area contributed by atoms with Gasteiger partial charge in [0.25, 0.3) is 0 Å². The zero-order valence-corrected chi connectivity index (χ0v) is 23.5. The minimum absolute atomic E-state index is 0.171. The number of carbonyl (C=O) groups excluding carboxylic acids is 3. The van der Waals surface area contributed by atoms with Crippen LogP contribution in [-0.2, 0) is 16.1 Å². The first-order valence-corrected chi connectivity index (χ1v) is 12.8. The minimum atomic E-state index is -1.15. The van der Waals surface area contributed by atoms with Gasteiger partial charge in [0.05, 0.1) is 19.7 Å².